The maximum Gasteiger partial charge on any atom is 0.272 e. The van der Waals surface area contributed by atoms with Crippen molar-refractivity contribution in [1.82, 2.24) is 4.98 Å². The maximum atomic E-state index is 12.6. The first kappa shape index (κ1) is 10.7. The Labute approximate surface area is 80.7 Å². The first-order chi connectivity index (χ1) is 6.60. The van der Waals surface area contributed by atoms with Crippen LogP contribution in [-0.4, -0.2) is 19.2 Å². The SMILES string of the molecule is COc1cc(C)nc(OC)c1C(F)F. The highest BCUT2D eigenvalue weighted by Crippen LogP contribution is 2.35. The van der Waals surface area contributed by atoms with Crippen molar-refractivity contribution in [3.63, 3.8) is 0 Å². The number of rotatable bonds is 3. The zero-order valence-electron chi connectivity index (χ0n) is 8.17. The second-order valence-electron chi connectivity index (χ2n) is 2.69. The van der Waals surface area contributed by atoms with Crippen molar-refractivity contribution in [2.24, 2.45) is 0 Å². The van der Waals surface area contributed by atoms with Crippen molar-refractivity contribution >= 4 is 0 Å². The van der Waals surface area contributed by atoms with Crippen LogP contribution in [0.5, 0.6) is 11.6 Å². The van der Waals surface area contributed by atoms with Gasteiger partial charge in [-0.3, -0.25) is 0 Å². The molecule has 0 aromatic carbocycles. The minimum atomic E-state index is -2.66. The van der Waals surface area contributed by atoms with E-state index in [1.165, 1.54) is 20.3 Å². The summed E-state index contributed by atoms with van der Waals surface area (Å²) in [6.45, 7) is 1.68. The third-order valence-corrected chi connectivity index (χ3v) is 1.75. The van der Waals surface area contributed by atoms with Crippen LogP contribution in [0.2, 0.25) is 0 Å². The number of methoxy groups -OCH3 is 2. The Morgan fingerprint density at radius 1 is 1.29 bits per heavy atom. The fraction of sp³-hybridized carbons (Fsp3) is 0.444. The van der Waals surface area contributed by atoms with Gasteiger partial charge in [-0.1, -0.05) is 0 Å². The molecule has 0 unspecified atom stereocenters. The lowest BCUT2D eigenvalue weighted by Crippen LogP contribution is -2.01. The molecule has 0 bridgehead atoms. The van der Waals surface area contributed by atoms with Gasteiger partial charge in [-0.05, 0) is 6.92 Å². The predicted molar refractivity (Wildman–Crippen MR) is 47.0 cm³/mol. The second kappa shape index (κ2) is 4.21. The number of aromatic nitrogens is 1. The van der Waals surface area contributed by atoms with Crippen LogP contribution in [-0.2, 0) is 0 Å². The predicted octanol–water partition coefficient (Wildman–Crippen LogP) is 2.34. The van der Waals surface area contributed by atoms with E-state index >= 15 is 0 Å². The van der Waals surface area contributed by atoms with Gasteiger partial charge < -0.3 is 9.47 Å². The number of ether oxygens (including phenoxy) is 2. The summed E-state index contributed by atoms with van der Waals surface area (Å²) in [5.74, 6) is 0.0150. The average Bonchev–Trinajstić information content (AvgIpc) is 2.15. The number of aryl methyl sites for hydroxylation is 1. The summed E-state index contributed by atoms with van der Waals surface area (Å²) in [5.41, 5.74) is 0.267. The zero-order chi connectivity index (χ0) is 10.7. The standard InChI is InChI=1S/C9H11F2NO2/c1-5-4-6(13-2)7(8(10)11)9(12-5)14-3/h4,8H,1-3H3. The van der Waals surface area contributed by atoms with Crippen LogP contribution in [0.4, 0.5) is 8.78 Å². The fourth-order valence-corrected chi connectivity index (χ4v) is 1.15. The number of hydrogen-bond donors (Lipinski definition) is 0. The molecule has 1 rings (SSSR count). The van der Waals surface area contributed by atoms with Gasteiger partial charge in [-0.15, -0.1) is 0 Å². The molecule has 3 nitrogen and oxygen atoms in total. The Morgan fingerprint density at radius 3 is 2.36 bits per heavy atom. The van der Waals surface area contributed by atoms with Crippen molar-refractivity contribution in [1.29, 1.82) is 0 Å². The third-order valence-electron chi connectivity index (χ3n) is 1.75. The molecule has 0 amide bonds. The lowest BCUT2D eigenvalue weighted by Gasteiger charge is -2.12. The number of nitrogens with zero attached hydrogens (tertiary/aromatic N) is 1. The molecule has 0 spiro atoms. The van der Waals surface area contributed by atoms with E-state index in [9.17, 15) is 8.78 Å². The van der Waals surface area contributed by atoms with Crippen molar-refractivity contribution in [2.75, 3.05) is 14.2 Å². The molecule has 0 saturated heterocycles. The highest BCUT2D eigenvalue weighted by Gasteiger charge is 2.21. The highest BCUT2D eigenvalue weighted by atomic mass is 19.3. The monoisotopic (exact) mass is 203 g/mol. The number of pyridine rings is 1. The van der Waals surface area contributed by atoms with Crippen molar-refractivity contribution in [3.05, 3.63) is 17.3 Å². The van der Waals surface area contributed by atoms with E-state index in [4.69, 9.17) is 9.47 Å². The summed E-state index contributed by atoms with van der Waals surface area (Å²) in [6.07, 6.45) is -2.66. The summed E-state index contributed by atoms with van der Waals surface area (Å²) in [7, 11) is 2.63. The zero-order valence-corrected chi connectivity index (χ0v) is 8.17. The van der Waals surface area contributed by atoms with Crippen LogP contribution in [0, 0.1) is 6.92 Å². The summed E-state index contributed by atoms with van der Waals surface area (Å²) in [5, 5.41) is 0. The molecule has 0 fully saturated rings. The van der Waals surface area contributed by atoms with Gasteiger partial charge in [0, 0.05) is 11.8 Å². The van der Waals surface area contributed by atoms with Gasteiger partial charge in [0.05, 0.1) is 14.2 Å². The molecule has 14 heavy (non-hydrogen) atoms. The molecule has 1 aromatic rings. The molecule has 1 aromatic heterocycles. The molecule has 0 atom stereocenters. The van der Waals surface area contributed by atoms with Crippen LogP contribution >= 0.6 is 0 Å². The fourth-order valence-electron chi connectivity index (χ4n) is 1.15. The molecular formula is C9H11F2NO2. The van der Waals surface area contributed by atoms with E-state index in [1.807, 2.05) is 0 Å². The molecule has 0 aliphatic carbocycles. The van der Waals surface area contributed by atoms with Gasteiger partial charge in [-0.25, -0.2) is 13.8 Å². The minimum absolute atomic E-state index is 0.0862. The Balaban J connectivity index is 3.33. The topological polar surface area (TPSA) is 31.4 Å². The average molecular weight is 203 g/mol. The molecule has 0 aliphatic heterocycles. The Bertz CT molecular complexity index is 304. The molecule has 78 valence electrons. The molecule has 0 aliphatic rings. The van der Waals surface area contributed by atoms with E-state index in [1.54, 1.807) is 6.92 Å². The number of alkyl halides is 2. The van der Waals surface area contributed by atoms with Crippen molar-refractivity contribution in [3.8, 4) is 11.6 Å². The van der Waals surface area contributed by atoms with Gasteiger partial charge in [0.15, 0.2) is 0 Å². The molecular weight excluding hydrogens is 192 g/mol. The molecule has 0 radical (unpaired) electrons. The smallest absolute Gasteiger partial charge is 0.272 e. The van der Waals surface area contributed by atoms with Gasteiger partial charge in [0.1, 0.15) is 11.3 Å². The Kier molecular flexibility index (Phi) is 3.22. The van der Waals surface area contributed by atoms with Gasteiger partial charge in [0.25, 0.3) is 6.43 Å². The first-order valence-corrected chi connectivity index (χ1v) is 3.97. The van der Waals surface area contributed by atoms with Crippen molar-refractivity contribution in [2.45, 2.75) is 13.3 Å². The Hall–Kier alpha value is -1.39. The summed E-state index contributed by atoms with van der Waals surface area (Å²) in [4.78, 5) is 3.84. The van der Waals surface area contributed by atoms with E-state index in [-0.39, 0.29) is 17.2 Å². The molecule has 0 N–H and O–H groups in total. The van der Waals surface area contributed by atoms with Gasteiger partial charge >= 0.3 is 0 Å². The normalized spacial score (nSPS) is 10.4. The lowest BCUT2D eigenvalue weighted by atomic mass is 10.2. The van der Waals surface area contributed by atoms with Gasteiger partial charge in [0.2, 0.25) is 5.88 Å². The van der Waals surface area contributed by atoms with E-state index in [0.29, 0.717) is 5.69 Å². The molecule has 1 heterocycles. The van der Waals surface area contributed by atoms with Gasteiger partial charge in [-0.2, -0.15) is 0 Å². The van der Waals surface area contributed by atoms with Crippen molar-refractivity contribution < 1.29 is 18.3 Å². The second-order valence-corrected chi connectivity index (χ2v) is 2.69. The van der Waals surface area contributed by atoms with E-state index in [2.05, 4.69) is 4.98 Å². The van der Waals surface area contributed by atoms with Crippen LogP contribution in [0.25, 0.3) is 0 Å². The third kappa shape index (κ3) is 1.92. The number of halogens is 2. The minimum Gasteiger partial charge on any atom is -0.496 e. The summed E-state index contributed by atoms with van der Waals surface area (Å²) < 4.78 is 34.8. The van der Waals surface area contributed by atoms with E-state index in [0.717, 1.165) is 0 Å². The molecule has 0 saturated carbocycles. The summed E-state index contributed by atoms with van der Waals surface area (Å²) in [6, 6.07) is 1.45. The highest BCUT2D eigenvalue weighted by molar-refractivity contribution is 5.42. The largest absolute Gasteiger partial charge is 0.496 e. The van der Waals surface area contributed by atoms with Crippen LogP contribution in [0.1, 0.15) is 17.7 Å². The quantitative estimate of drug-likeness (QED) is 0.755. The van der Waals surface area contributed by atoms with Crippen LogP contribution in [0.3, 0.4) is 0 Å². The first-order valence-electron chi connectivity index (χ1n) is 3.97. The van der Waals surface area contributed by atoms with E-state index < -0.39 is 6.43 Å². The maximum absolute atomic E-state index is 12.6. The Morgan fingerprint density at radius 2 is 1.93 bits per heavy atom. The lowest BCUT2D eigenvalue weighted by molar-refractivity contribution is 0.141. The summed E-state index contributed by atoms with van der Waals surface area (Å²) >= 11 is 0. The number of hydrogen-bond acceptors (Lipinski definition) is 3. The van der Waals surface area contributed by atoms with Crippen LogP contribution in [0.15, 0.2) is 6.07 Å². The molecule has 5 heteroatoms. The van der Waals surface area contributed by atoms with Crippen LogP contribution < -0.4 is 9.47 Å².